The number of nitrogens with zero attached hydrogens (tertiary/aromatic N) is 4. The van der Waals surface area contributed by atoms with Gasteiger partial charge in [-0.15, -0.1) is 4.98 Å². The van der Waals surface area contributed by atoms with Gasteiger partial charge in [-0.25, -0.2) is 0 Å². The predicted octanol–water partition coefficient (Wildman–Crippen LogP) is -0.184. The Morgan fingerprint density at radius 1 is 1.18 bits per heavy atom. The van der Waals surface area contributed by atoms with Crippen LogP contribution in [0.2, 0.25) is 0 Å². The molecule has 2 N–H and O–H groups in total. The highest BCUT2D eigenvalue weighted by molar-refractivity contribution is 5.36. The van der Waals surface area contributed by atoms with E-state index >= 15 is 0 Å². The Balaban J connectivity index is 2.27. The van der Waals surface area contributed by atoms with Gasteiger partial charge in [-0.1, -0.05) is 0 Å². The molecule has 0 saturated heterocycles. The minimum Gasteiger partial charge on any atom is -0.467 e. The lowest BCUT2D eigenvalue weighted by Gasteiger charge is -2.21. The number of hydrogen-bond acceptors (Lipinski definition) is 7. The van der Waals surface area contributed by atoms with Gasteiger partial charge in [0, 0.05) is 19.1 Å². The van der Waals surface area contributed by atoms with Gasteiger partial charge < -0.3 is 20.1 Å². The summed E-state index contributed by atoms with van der Waals surface area (Å²) in [6, 6.07) is 0.999. The minimum atomic E-state index is 0.259. The molecule has 0 bridgehead atoms. The van der Waals surface area contributed by atoms with Gasteiger partial charge in [0.25, 0.3) is 0 Å². The van der Waals surface area contributed by atoms with Crippen LogP contribution in [-0.2, 0) is 0 Å². The lowest BCUT2D eigenvalue weighted by molar-refractivity contribution is 0.339. The van der Waals surface area contributed by atoms with Gasteiger partial charge >= 0.3 is 12.0 Å². The van der Waals surface area contributed by atoms with E-state index < -0.39 is 0 Å². The molecule has 94 valence electrons. The quantitative estimate of drug-likeness (QED) is 0.736. The van der Waals surface area contributed by atoms with E-state index in [2.05, 4.69) is 19.9 Å². The largest absolute Gasteiger partial charge is 0.467 e. The molecule has 1 aliphatic rings. The number of methoxy groups -OCH3 is 2. The molecule has 0 amide bonds. The molecule has 7 nitrogen and oxygen atoms in total. The summed E-state index contributed by atoms with van der Waals surface area (Å²) < 4.78 is 10.1. The second kappa shape index (κ2) is 5.13. The van der Waals surface area contributed by atoms with Crippen molar-refractivity contribution in [2.45, 2.75) is 18.9 Å². The zero-order chi connectivity index (χ0) is 12.3. The maximum Gasteiger partial charge on any atom is 0.324 e. The van der Waals surface area contributed by atoms with E-state index in [-0.39, 0.29) is 12.0 Å². The van der Waals surface area contributed by atoms with Gasteiger partial charge in [-0.05, 0) is 12.8 Å². The summed E-state index contributed by atoms with van der Waals surface area (Å²) >= 11 is 0. The van der Waals surface area contributed by atoms with Crippen LogP contribution in [-0.4, -0.2) is 48.3 Å². The van der Waals surface area contributed by atoms with Gasteiger partial charge in [0.2, 0.25) is 5.95 Å². The van der Waals surface area contributed by atoms with Crippen LogP contribution in [0.1, 0.15) is 12.8 Å². The van der Waals surface area contributed by atoms with Crippen molar-refractivity contribution in [3.63, 3.8) is 0 Å². The number of aromatic nitrogens is 3. The second-order valence-electron chi connectivity index (χ2n) is 3.82. The van der Waals surface area contributed by atoms with Crippen molar-refractivity contribution in [1.29, 1.82) is 0 Å². The van der Waals surface area contributed by atoms with Crippen molar-refractivity contribution >= 4 is 5.95 Å². The van der Waals surface area contributed by atoms with Crippen LogP contribution in [0.5, 0.6) is 12.0 Å². The topological polar surface area (TPSA) is 86.4 Å². The smallest absolute Gasteiger partial charge is 0.324 e. The molecular weight excluding hydrogens is 222 g/mol. The average molecular weight is 239 g/mol. The van der Waals surface area contributed by atoms with Crippen LogP contribution >= 0.6 is 0 Å². The van der Waals surface area contributed by atoms with Crippen LogP contribution in [0.3, 0.4) is 0 Å². The van der Waals surface area contributed by atoms with Crippen molar-refractivity contribution in [2.24, 2.45) is 5.73 Å². The standard InChI is InChI=1S/C10H17N5O2/c1-16-9-12-8(13-10(14-9)17-2)15(6-5-11)7-3-4-7/h7H,3-6,11H2,1-2H3. The average Bonchev–Trinajstić information content (AvgIpc) is 3.19. The van der Waals surface area contributed by atoms with Crippen LogP contribution in [0.25, 0.3) is 0 Å². The van der Waals surface area contributed by atoms with Crippen molar-refractivity contribution < 1.29 is 9.47 Å². The molecule has 1 aromatic heterocycles. The third-order valence-corrected chi connectivity index (χ3v) is 2.56. The monoisotopic (exact) mass is 239 g/mol. The fourth-order valence-electron chi connectivity index (χ4n) is 1.61. The fourth-order valence-corrected chi connectivity index (χ4v) is 1.61. The highest BCUT2D eigenvalue weighted by atomic mass is 16.5. The van der Waals surface area contributed by atoms with E-state index in [1.54, 1.807) is 0 Å². The molecule has 7 heteroatoms. The van der Waals surface area contributed by atoms with Gasteiger partial charge in [0.05, 0.1) is 14.2 Å². The molecule has 1 aromatic rings. The van der Waals surface area contributed by atoms with E-state index in [4.69, 9.17) is 15.2 Å². The van der Waals surface area contributed by atoms with Crippen molar-refractivity contribution in [3.05, 3.63) is 0 Å². The first-order chi connectivity index (χ1) is 8.28. The van der Waals surface area contributed by atoms with Crippen LogP contribution < -0.4 is 20.1 Å². The van der Waals surface area contributed by atoms with Crippen LogP contribution in [0.15, 0.2) is 0 Å². The number of nitrogens with two attached hydrogens (primary N) is 1. The highest BCUT2D eigenvalue weighted by Gasteiger charge is 2.31. The van der Waals surface area contributed by atoms with Crippen LogP contribution in [0.4, 0.5) is 5.95 Å². The summed E-state index contributed by atoms with van der Waals surface area (Å²) in [6.07, 6.45) is 2.30. The maximum atomic E-state index is 5.60. The zero-order valence-corrected chi connectivity index (χ0v) is 10.1. The lowest BCUT2D eigenvalue weighted by atomic mass is 10.5. The van der Waals surface area contributed by atoms with E-state index in [0.717, 1.165) is 19.4 Å². The molecule has 0 radical (unpaired) electrons. The Hall–Kier alpha value is -1.63. The van der Waals surface area contributed by atoms with E-state index in [9.17, 15) is 0 Å². The number of ether oxygens (including phenoxy) is 2. The molecule has 0 unspecified atom stereocenters. The van der Waals surface area contributed by atoms with Crippen LogP contribution in [0, 0.1) is 0 Å². The third-order valence-electron chi connectivity index (χ3n) is 2.56. The second-order valence-corrected chi connectivity index (χ2v) is 3.82. The summed E-state index contributed by atoms with van der Waals surface area (Å²) in [4.78, 5) is 14.5. The molecule has 17 heavy (non-hydrogen) atoms. The fraction of sp³-hybridized carbons (Fsp3) is 0.700. The molecule has 0 aromatic carbocycles. The van der Waals surface area contributed by atoms with Crippen molar-refractivity contribution in [3.8, 4) is 12.0 Å². The van der Waals surface area contributed by atoms with Gasteiger partial charge in [0.1, 0.15) is 0 Å². The van der Waals surface area contributed by atoms with E-state index in [0.29, 0.717) is 18.5 Å². The summed E-state index contributed by atoms with van der Waals surface area (Å²) in [5.41, 5.74) is 5.60. The Labute approximate surface area is 100.0 Å². The normalized spacial score (nSPS) is 14.5. The SMILES string of the molecule is COc1nc(OC)nc(N(CCN)C2CC2)n1. The lowest BCUT2D eigenvalue weighted by Crippen LogP contribution is -2.33. The predicted molar refractivity (Wildman–Crippen MR) is 62.4 cm³/mol. The molecule has 1 saturated carbocycles. The Bertz CT molecular complexity index is 361. The minimum absolute atomic E-state index is 0.259. The molecule has 1 aliphatic carbocycles. The Morgan fingerprint density at radius 3 is 2.18 bits per heavy atom. The maximum absolute atomic E-state index is 5.60. The van der Waals surface area contributed by atoms with Gasteiger partial charge in [-0.2, -0.15) is 9.97 Å². The Kier molecular flexibility index (Phi) is 3.58. The zero-order valence-electron chi connectivity index (χ0n) is 10.1. The molecule has 2 rings (SSSR count). The third kappa shape index (κ3) is 2.73. The summed E-state index contributed by atoms with van der Waals surface area (Å²) in [7, 11) is 3.03. The first kappa shape index (κ1) is 11.8. The molecular formula is C10H17N5O2. The van der Waals surface area contributed by atoms with Crippen molar-refractivity contribution in [2.75, 3.05) is 32.2 Å². The number of rotatable bonds is 6. The molecule has 1 heterocycles. The van der Waals surface area contributed by atoms with Gasteiger partial charge in [0.15, 0.2) is 0 Å². The van der Waals surface area contributed by atoms with Crippen molar-refractivity contribution in [1.82, 2.24) is 15.0 Å². The summed E-state index contributed by atoms with van der Waals surface area (Å²) in [5.74, 6) is 0.571. The first-order valence-corrected chi connectivity index (χ1v) is 5.59. The molecule has 1 fully saturated rings. The number of anilines is 1. The molecule has 0 spiro atoms. The Morgan fingerprint density at radius 2 is 1.76 bits per heavy atom. The van der Waals surface area contributed by atoms with Gasteiger partial charge in [-0.3, -0.25) is 0 Å². The van der Waals surface area contributed by atoms with E-state index in [1.807, 2.05) is 0 Å². The highest BCUT2D eigenvalue weighted by Crippen LogP contribution is 2.30. The molecule has 0 aliphatic heterocycles. The summed E-state index contributed by atoms with van der Waals surface area (Å²) in [5, 5.41) is 0. The molecule has 0 atom stereocenters. The van der Waals surface area contributed by atoms with E-state index in [1.165, 1.54) is 14.2 Å². The number of hydrogen-bond donors (Lipinski definition) is 1. The first-order valence-electron chi connectivity index (χ1n) is 5.59. The summed E-state index contributed by atoms with van der Waals surface area (Å²) in [6.45, 7) is 1.29.